The Morgan fingerprint density at radius 3 is 2.83 bits per heavy atom. The normalized spacial score (nSPS) is 10.9. The SMILES string of the molecule is COCc1[nH]n(-c2ccc(C)c(Cl)c2)c(=O)c1Br. The predicted octanol–water partition coefficient (Wildman–Crippen LogP) is 3.04. The van der Waals surface area contributed by atoms with Crippen LogP contribution in [0.25, 0.3) is 5.69 Å². The Hall–Kier alpha value is -1.04. The molecule has 0 aliphatic heterocycles. The van der Waals surface area contributed by atoms with E-state index in [0.29, 0.717) is 27.5 Å². The average molecular weight is 332 g/mol. The highest BCUT2D eigenvalue weighted by Crippen LogP contribution is 2.19. The Kier molecular flexibility index (Phi) is 3.94. The fourth-order valence-corrected chi connectivity index (χ4v) is 2.16. The number of rotatable bonds is 3. The van der Waals surface area contributed by atoms with Gasteiger partial charge >= 0.3 is 0 Å². The first kappa shape index (κ1) is 13.4. The van der Waals surface area contributed by atoms with E-state index in [2.05, 4.69) is 21.0 Å². The summed E-state index contributed by atoms with van der Waals surface area (Å²) >= 11 is 9.31. The van der Waals surface area contributed by atoms with E-state index in [0.717, 1.165) is 5.56 Å². The Bertz CT molecular complexity index is 633. The molecule has 0 atom stereocenters. The van der Waals surface area contributed by atoms with E-state index in [9.17, 15) is 4.79 Å². The zero-order valence-corrected chi connectivity index (χ0v) is 12.3. The fourth-order valence-electron chi connectivity index (χ4n) is 1.60. The van der Waals surface area contributed by atoms with Crippen molar-refractivity contribution in [2.75, 3.05) is 7.11 Å². The molecule has 2 aromatic rings. The van der Waals surface area contributed by atoms with Crippen LogP contribution in [-0.4, -0.2) is 16.9 Å². The number of aromatic nitrogens is 2. The molecule has 1 heterocycles. The molecule has 0 radical (unpaired) electrons. The predicted molar refractivity (Wildman–Crippen MR) is 74.5 cm³/mol. The summed E-state index contributed by atoms with van der Waals surface area (Å²) in [4.78, 5) is 12.0. The number of ether oxygens (including phenoxy) is 1. The van der Waals surface area contributed by atoms with E-state index in [1.807, 2.05) is 19.1 Å². The highest BCUT2D eigenvalue weighted by Gasteiger charge is 2.13. The van der Waals surface area contributed by atoms with Crippen molar-refractivity contribution in [1.82, 2.24) is 9.78 Å². The number of methoxy groups -OCH3 is 1. The van der Waals surface area contributed by atoms with E-state index in [1.54, 1.807) is 13.2 Å². The second-order valence-corrected chi connectivity index (χ2v) is 5.11. The Labute approximate surface area is 118 Å². The molecule has 0 saturated heterocycles. The average Bonchev–Trinajstić information content (AvgIpc) is 2.62. The van der Waals surface area contributed by atoms with Crippen LogP contribution >= 0.6 is 27.5 Å². The molecule has 4 nitrogen and oxygen atoms in total. The van der Waals surface area contributed by atoms with E-state index >= 15 is 0 Å². The number of benzene rings is 1. The van der Waals surface area contributed by atoms with Gasteiger partial charge in [-0.1, -0.05) is 17.7 Å². The molecular formula is C12H12BrClN2O2. The maximum Gasteiger partial charge on any atom is 0.285 e. The van der Waals surface area contributed by atoms with E-state index in [-0.39, 0.29) is 5.56 Å². The number of hydrogen-bond donors (Lipinski definition) is 1. The van der Waals surface area contributed by atoms with Crippen LogP contribution in [0.4, 0.5) is 0 Å². The van der Waals surface area contributed by atoms with Crippen molar-refractivity contribution < 1.29 is 4.74 Å². The molecule has 0 spiro atoms. The lowest BCUT2D eigenvalue weighted by atomic mass is 10.2. The number of nitrogens with zero attached hydrogens (tertiary/aromatic N) is 1. The van der Waals surface area contributed by atoms with Gasteiger partial charge in [0.05, 0.1) is 18.0 Å². The molecule has 1 aromatic carbocycles. The number of halogens is 2. The molecule has 96 valence electrons. The third kappa shape index (κ3) is 2.39. The van der Waals surface area contributed by atoms with Crippen molar-refractivity contribution in [1.29, 1.82) is 0 Å². The van der Waals surface area contributed by atoms with Crippen LogP contribution in [0.1, 0.15) is 11.3 Å². The van der Waals surface area contributed by atoms with Crippen LogP contribution < -0.4 is 5.56 Å². The summed E-state index contributed by atoms with van der Waals surface area (Å²) < 4.78 is 6.92. The number of H-pyrrole nitrogens is 1. The highest BCUT2D eigenvalue weighted by molar-refractivity contribution is 9.10. The molecule has 6 heteroatoms. The Morgan fingerprint density at radius 1 is 1.50 bits per heavy atom. The smallest absolute Gasteiger partial charge is 0.285 e. The molecule has 18 heavy (non-hydrogen) atoms. The summed E-state index contributed by atoms with van der Waals surface area (Å²) in [6, 6.07) is 5.45. The van der Waals surface area contributed by atoms with Gasteiger partial charge in [-0.3, -0.25) is 9.89 Å². The first-order valence-corrected chi connectivity index (χ1v) is 6.46. The number of hydrogen-bond acceptors (Lipinski definition) is 2. The van der Waals surface area contributed by atoms with Crippen molar-refractivity contribution >= 4 is 27.5 Å². The van der Waals surface area contributed by atoms with E-state index in [1.165, 1.54) is 4.68 Å². The zero-order chi connectivity index (χ0) is 13.3. The molecule has 0 unspecified atom stereocenters. The second kappa shape index (κ2) is 5.30. The Morgan fingerprint density at radius 2 is 2.22 bits per heavy atom. The minimum atomic E-state index is -0.165. The minimum absolute atomic E-state index is 0.165. The largest absolute Gasteiger partial charge is 0.378 e. The van der Waals surface area contributed by atoms with Gasteiger partial charge in [0.25, 0.3) is 5.56 Å². The molecule has 0 amide bonds. The molecule has 1 aromatic heterocycles. The third-order valence-electron chi connectivity index (χ3n) is 2.60. The maximum absolute atomic E-state index is 12.0. The monoisotopic (exact) mass is 330 g/mol. The quantitative estimate of drug-likeness (QED) is 0.939. The highest BCUT2D eigenvalue weighted by atomic mass is 79.9. The lowest BCUT2D eigenvalue weighted by Crippen LogP contribution is -2.14. The summed E-state index contributed by atoms with van der Waals surface area (Å²) in [5.41, 5.74) is 2.19. The summed E-state index contributed by atoms with van der Waals surface area (Å²) in [5.74, 6) is 0. The molecule has 0 fully saturated rings. The van der Waals surface area contributed by atoms with Gasteiger partial charge in [0.15, 0.2) is 0 Å². The third-order valence-corrected chi connectivity index (χ3v) is 3.83. The lowest BCUT2D eigenvalue weighted by Gasteiger charge is -2.04. The van der Waals surface area contributed by atoms with Crippen LogP contribution in [0.2, 0.25) is 5.02 Å². The zero-order valence-electron chi connectivity index (χ0n) is 9.96. The molecule has 0 bridgehead atoms. The molecule has 0 saturated carbocycles. The van der Waals surface area contributed by atoms with Crippen molar-refractivity contribution in [2.24, 2.45) is 0 Å². The van der Waals surface area contributed by atoms with Crippen LogP contribution in [0.15, 0.2) is 27.5 Å². The van der Waals surface area contributed by atoms with Gasteiger partial charge in [-0.25, -0.2) is 4.68 Å². The summed E-state index contributed by atoms with van der Waals surface area (Å²) in [5, 5.41) is 3.61. The standard InChI is InChI=1S/C12H12BrClN2O2/c1-7-3-4-8(5-9(7)14)16-12(17)11(13)10(15-16)6-18-2/h3-5,15H,6H2,1-2H3. The molecule has 0 aliphatic rings. The fraction of sp³-hybridized carbons (Fsp3) is 0.250. The first-order valence-electron chi connectivity index (χ1n) is 5.29. The van der Waals surface area contributed by atoms with Gasteiger partial charge in [0.2, 0.25) is 0 Å². The van der Waals surface area contributed by atoms with Gasteiger partial charge in [0.1, 0.15) is 4.47 Å². The Balaban J connectivity index is 2.54. The van der Waals surface area contributed by atoms with Crippen LogP contribution in [0, 0.1) is 6.92 Å². The van der Waals surface area contributed by atoms with Crippen LogP contribution in [-0.2, 0) is 11.3 Å². The van der Waals surface area contributed by atoms with Crippen molar-refractivity contribution in [2.45, 2.75) is 13.5 Å². The van der Waals surface area contributed by atoms with Crippen molar-refractivity contribution in [3.63, 3.8) is 0 Å². The number of aryl methyl sites for hydroxylation is 1. The van der Waals surface area contributed by atoms with Gasteiger partial charge < -0.3 is 4.74 Å². The minimum Gasteiger partial charge on any atom is -0.378 e. The van der Waals surface area contributed by atoms with Gasteiger partial charge in [-0.2, -0.15) is 0 Å². The maximum atomic E-state index is 12.0. The first-order chi connectivity index (χ1) is 8.54. The summed E-state index contributed by atoms with van der Waals surface area (Å²) in [7, 11) is 1.57. The van der Waals surface area contributed by atoms with Crippen LogP contribution in [0.5, 0.6) is 0 Å². The molecular weight excluding hydrogens is 320 g/mol. The van der Waals surface area contributed by atoms with Gasteiger partial charge in [-0.05, 0) is 40.5 Å². The van der Waals surface area contributed by atoms with E-state index in [4.69, 9.17) is 16.3 Å². The van der Waals surface area contributed by atoms with Gasteiger partial charge in [0, 0.05) is 12.1 Å². The van der Waals surface area contributed by atoms with Gasteiger partial charge in [-0.15, -0.1) is 0 Å². The summed E-state index contributed by atoms with van der Waals surface area (Å²) in [6.07, 6.45) is 0. The van der Waals surface area contributed by atoms with Crippen molar-refractivity contribution in [3.8, 4) is 5.69 Å². The molecule has 0 aliphatic carbocycles. The number of nitrogens with one attached hydrogen (secondary N) is 1. The second-order valence-electron chi connectivity index (χ2n) is 3.91. The molecule has 2 rings (SSSR count). The molecule has 1 N–H and O–H groups in total. The summed E-state index contributed by atoms with van der Waals surface area (Å²) in [6.45, 7) is 2.25. The number of aromatic amines is 1. The topological polar surface area (TPSA) is 47.0 Å². The van der Waals surface area contributed by atoms with Crippen molar-refractivity contribution in [3.05, 3.63) is 49.3 Å². The van der Waals surface area contributed by atoms with E-state index < -0.39 is 0 Å². The van der Waals surface area contributed by atoms with Crippen LogP contribution in [0.3, 0.4) is 0 Å². The lowest BCUT2D eigenvalue weighted by molar-refractivity contribution is 0.180.